The molecule has 0 aromatic heterocycles. The van der Waals surface area contributed by atoms with E-state index in [9.17, 15) is 19.5 Å². The molecule has 2 aromatic carbocycles. The van der Waals surface area contributed by atoms with E-state index in [4.69, 9.17) is 9.47 Å². The van der Waals surface area contributed by atoms with E-state index in [-0.39, 0.29) is 55.2 Å². The normalized spacial score (nSPS) is 20.8. The maximum absolute atomic E-state index is 14.2. The maximum atomic E-state index is 14.2. The number of likely N-dealkylation sites (N-methyl/N-ethyl adjacent to an activating group) is 1. The predicted octanol–water partition coefficient (Wildman–Crippen LogP) is 4.78. The van der Waals surface area contributed by atoms with Gasteiger partial charge in [0.2, 0.25) is 0 Å². The van der Waals surface area contributed by atoms with Gasteiger partial charge in [0.25, 0.3) is 11.8 Å². The van der Waals surface area contributed by atoms with Gasteiger partial charge in [-0.3, -0.25) is 9.59 Å². The highest BCUT2D eigenvalue weighted by Gasteiger charge is 2.31. The zero-order valence-electron chi connectivity index (χ0n) is 26.3. The van der Waals surface area contributed by atoms with Crippen molar-refractivity contribution in [1.82, 2.24) is 15.1 Å². The molecule has 0 saturated heterocycles. The van der Waals surface area contributed by atoms with Crippen molar-refractivity contribution in [1.29, 1.82) is 0 Å². The van der Waals surface area contributed by atoms with E-state index in [2.05, 4.69) is 10.6 Å². The largest absolute Gasteiger partial charge is 0.490 e. The van der Waals surface area contributed by atoms with Crippen LogP contribution in [-0.4, -0.2) is 90.4 Å². The van der Waals surface area contributed by atoms with Crippen molar-refractivity contribution in [2.24, 2.45) is 5.92 Å². The summed E-state index contributed by atoms with van der Waals surface area (Å²) in [5, 5.41) is 15.9. The fraction of sp³-hybridized carbons (Fsp3) is 0.545. The molecule has 0 unspecified atom stereocenters. The Hall–Kier alpha value is -3.63. The number of carbonyl (C=O) groups is 3. The van der Waals surface area contributed by atoms with Crippen molar-refractivity contribution in [3.05, 3.63) is 59.7 Å². The van der Waals surface area contributed by atoms with E-state index < -0.39 is 6.04 Å². The lowest BCUT2D eigenvalue weighted by Crippen LogP contribution is -2.49. The number of aliphatic hydroxyl groups is 1. The Kier molecular flexibility index (Phi) is 12.8. The molecule has 43 heavy (non-hydrogen) atoms. The Bertz CT molecular complexity index is 1210. The van der Waals surface area contributed by atoms with Gasteiger partial charge in [-0.15, -0.1) is 0 Å². The summed E-state index contributed by atoms with van der Waals surface area (Å²) in [7, 11) is 1.74. The van der Waals surface area contributed by atoms with E-state index in [0.29, 0.717) is 35.7 Å². The first-order valence-corrected chi connectivity index (χ1v) is 15.2. The number of nitrogens with one attached hydrogen (secondary N) is 2. The van der Waals surface area contributed by atoms with Gasteiger partial charge in [0.15, 0.2) is 0 Å². The molecule has 0 radical (unpaired) electrons. The van der Waals surface area contributed by atoms with Crippen molar-refractivity contribution in [2.45, 2.75) is 78.2 Å². The number of ether oxygens (including phenoxy) is 2. The van der Waals surface area contributed by atoms with Crippen molar-refractivity contribution in [3.8, 4) is 5.75 Å². The van der Waals surface area contributed by atoms with Gasteiger partial charge < -0.3 is 35.0 Å². The molecular weight excluding hydrogens is 548 g/mol. The minimum Gasteiger partial charge on any atom is -0.490 e. The number of rotatable bonds is 7. The summed E-state index contributed by atoms with van der Waals surface area (Å²) in [4.78, 5) is 43.0. The summed E-state index contributed by atoms with van der Waals surface area (Å²) in [5.41, 5.74) is 1.26. The van der Waals surface area contributed by atoms with Gasteiger partial charge in [0, 0.05) is 50.0 Å². The van der Waals surface area contributed by atoms with E-state index in [1.54, 1.807) is 66.2 Å². The third-order valence-corrected chi connectivity index (χ3v) is 7.56. The highest BCUT2D eigenvalue weighted by atomic mass is 16.5. The molecule has 10 nitrogen and oxygen atoms in total. The lowest BCUT2D eigenvalue weighted by atomic mass is 10.0. The molecule has 0 aliphatic carbocycles. The predicted molar refractivity (Wildman–Crippen MR) is 168 cm³/mol. The summed E-state index contributed by atoms with van der Waals surface area (Å²) in [6, 6.07) is 13.3. The topological polar surface area (TPSA) is 120 Å². The Morgan fingerprint density at radius 2 is 1.81 bits per heavy atom. The zero-order chi connectivity index (χ0) is 31.5. The number of aliphatic hydroxyl groups excluding tert-OH is 1. The second-order valence-corrected chi connectivity index (χ2v) is 11.8. The molecule has 4 atom stereocenters. The second-order valence-electron chi connectivity index (χ2n) is 11.8. The number of nitrogens with zero attached hydrogens (tertiary/aromatic N) is 2. The number of amides is 4. The summed E-state index contributed by atoms with van der Waals surface area (Å²) in [5.74, 6) is -0.358. The average Bonchev–Trinajstić information content (AvgIpc) is 2.98. The summed E-state index contributed by atoms with van der Waals surface area (Å²) in [6.07, 6.45) is 1.96. The molecule has 0 spiro atoms. The first-order valence-electron chi connectivity index (χ1n) is 15.2. The number of anilines is 1. The quantitative estimate of drug-likeness (QED) is 0.423. The fourth-order valence-electron chi connectivity index (χ4n) is 4.97. The zero-order valence-corrected chi connectivity index (χ0v) is 26.3. The monoisotopic (exact) mass is 596 g/mol. The van der Waals surface area contributed by atoms with Crippen LogP contribution in [0.1, 0.15) is 74.6 Å². The van der Waals surface area contributed by atoms with Crippen molar-refractivity contribution >= 4 is 23.5 Å². The van der Waals surface area contributed by atoms with E-state index >= 15 is 0 Å². The molecule has 1 aliphatic heterocycles. The lowest BCUT2D eigenvalue weighted by molar-refractivity contribution is -0.0122. The van der Waals surface area contributed by atoms with Crippen LogP contribution >= 0.6 is 0 Å². The molecule has 1 aliphatic rings. The standard InChI is InChI=1S/C33H48N4O6/c1-22(2)34-33(41)36(6)20-30-23(3)19-37(24(4)21-38)32(40)28-18-27(35-31(39)26-13-8-7-9-14-26)15-16-29(28)43-25(5)12-10-11-17-42-30/h7-9,13-16,18,22-25,30,38H,10-12,17,19-21H2,1-6H3,(H,34,41)(H,35,39)/t23-,24+,25-,30+/m1/s1. The molecule has 10 heteroatoms. The summed E-state index contributed by atoms with van der Waals surface area (Å²) >= 11 is 0. The molecule has 4 amide bonds. The maximum Gasteiger partial charge on any atom is 0.317 e. The number of benzene rings is 2. The highest BCUT2D eigenvalue weighted by molar-refractivity contribution is 6.05. The Labute approximate surface area is 255 Å². The van der Waals surface area contributed by atoms with Crippen molar-refractivity contribution in [2.75, 3.05) is 38.7 Å². The molecule has 1 heterocycles. The first-order chi connectivity index (χ1) is 20.5. The molecule has 0 bridgehead atoms. The molecule has 3 N–H and O–H groups in total. The summed E-state index contributed by atoms with van der Waals surface area (Å²) < 4.78 is 12.6. The third-order valence-electron chi connectivity index (χ3n) is 7.56. The lowest BCUT2D eigenvalue weighted by Gasteiger charge is -2.36. The van der Waals surface area contributed by atoms with Crippen LogP contribution in [0.3, 0.4) is 0 Å². The van der Waals surface area contributed by atoms with Gasteiger partial charge in [-0.2, -0.15) is 0 Å². The van der Waals surface area contributed by atoms with Crippen LogP contribution in [0.25, 0.3) is 0 Å². The Morgan fingerprint density at radius 3 is 2.49 bits per heavy atom. The number of fused-ring (bicyclic) bond motifs is 1. The molecule has 2 aromatic rings. The van der Waals surface area contributed by atoms with Gasteiger partial charge in [0.1, 0.15) is 5.75 Å². The smallest absolute Gasteiger partial charge is 0.317 e. The van der Waals surface area contributed by atoms with E-state index in [1.165, 1.54) is 0 Å². The number of hydrogen-bond donors (Lipinski definition) is 3. The van der Waals surface area contributed by atoms with Gasteiger partial charge >= 0.3 is 6.03 Å². The molecule has 236 valence electrons. The van der Waals surface area contributed by atoms with Gasteiger partial charge in [-0.25, -0.2) is 4.79 Å². The number of hydrogen-bond acceptors (Lipinski definition) is 6. The van der Waals surface area contributed by atoms with Crippen LogP contribution in [-0.2, 0) is 4.74 Å². The van der Waals surface area contributed by atoms with Gasteiger partial charge in [-0.1, -0.05) is 25.1 Å². The third kappa shape index (κ3) is 9.96. The SMILES string of the molecule is CC(C)NC(=O)N(C)C[C@@H]1OCCCC[C@@H](C)Oc2ccc(NC(=O)c3ccccc3)cc2C(=O)N([C@@H](C)CO)C[C@H]1C. The van der Waals surface area contributed by atoms with Crippen LogP contribution in [0.4, 0.5) is 10.5 Å². The van der Waals surface area contributed by atoms with Crippen LogP contribution in [0.15, 0.2) is 48.5 Å². The molecule has 0 fully saturated rings. The molecule has 3 rings (SSSR count). The van der Waals surface area contributed by atoms with Crippen LogP contribution in [0, 0.1) is 5.92 Å². The van der Waals surface area contributed by atoms with Gasteiger partial charge in [-0.05, 0) is 77.3 Å². The van der Waals surface area contributed by atoms with Crippen LogP contribution < -0.4 is 15.4 Å². The number of carbonyl (C=O) groups excluding carboxylic acids is 3. The van der Waals surface area contributed by atoms with Crippen molar-refractivity contribution in [3.63, 3.8) is 0 Å². The highest BCUT2D eigenvalue weighted by Crippen LogP contribution is 2.29. The number of urea groups is 1. The Morgan fingerprint density at radius 1 is 1.09 bits per heavy atom. The first kappa shape index (κ1) is 33.9. The van der Waals surface area contributed by atoms with E-state index in [0.717, 1.165) is 19.3 Å². The minimum absolute atomic E-state index is 0.00227. The molecular formula is C33H48N4O6. The van der Waals surface area contributed by atoms with Crippen LogP contribution in [0.2, 0.25) is 0 Å². The fourth-order valence-corrected chi connectivity index (χ4v) is 4.97. The Balaban J connectivity index is 1.94. The second kappa shape index (κ2) is 16.3. The summed E-state index contributed by atoms with van der Waals surface area (Å²) in [6.45, 7) is 10.5. The van der Waals surface area contributed by atoms with Crippen LogP contribution in [0.5, 0.6) is 5.75 Å². The van der Waals surface area contributed by atoms with Crippen molar-refractivity contribution < 1.29 is 29.0 Å². The van der Waals surface area contributed by atoms with E-state index in [1.807, 2.05) is 33.8 Å². The average molecular weight is 597 g/mol. The molecule has 0 saturated carbocycles. The minimum atomic E-state index is -0.502. The van der Waals surface area contributed by atoms with Gasteiger partial charge in [0.05, 0.1) is 30.4 Å².